The summed E-state index contributed by atoms with van der Waals surface area (Å²) in [6.45, 7) is 6.13. The minimum Gasteiger partial charge on any atom is -0.481 e. The van der Waals surface area contributed by atoms with Gasteiger partial charge in [-0.1, -0.05) is 33.1 Å². The number of amides is 2. The van der Waals surface area contributed by atoms with Crippen LogP contribution in [0.1, 0.15) is 65.7 Å². The van der Waals surface area contributed by atoms with Crippen molar-refractivity contribution >= 4 is 17.8 Å². The number of carboxylic acid groups (broad SMARTS) is 1. The van der Waals surface area contributed by atoms with Crippen molar-refractivity contribution in [1.82, 2.24) is 10.2 Å². The molecule has 1 heterocycles. The third kappa shape index (κ3) is 4.53. The summed E-state index contributed by atoms with van der Waals surface area (Å²) < 4.78 is 0. The van der Waals surface area contributed by atoms with Crippen molar-refractivity contribution in [3.63, 3.8) is 0 Å². The van der Waals surface area contributed by atoms with Crippen LogP contribution in [0.4, 0.5) is 0 Å². The highest BCUT2D eigenvalue weighted by Crippen LogP contribution is 2.38. The zero-order valence-corrected chi connectivity index (χ0v) is 15.7. The van der Waals surface area contributed by atoms with E-state index in [1.165, 1.54) is 19.3 Å². The second kappa shape index (κ2) is 8.19. The molecule has 2 rings (SSSR count). The lowest BCUT2D eigenvalue weighted by Gasteiger charge is -2.29. The average molecular weight is 352 g/mol. The fourth-order valence-electron chi connectivity index (χ4n) is 4.20. The molecule has 2 aliphatic rings. The summed E-state index contributed by atoms with van der Waals surface area (Å²) in [7, 11) is 0. The van der Waals surface area contributed by atoms with Crippen molar-refractivity contribution in [3.05, 3.63) is 0 Å². The molecule has 25 heavy (non-hydrogen) atoms. The van der Waals surface area contributed by atoms with Gasteiger partial charge in [0.1, 0.15) is 6.04 Å². The Morgan fingerprint density at radius 1 is 1.16 bits per heavy atom. The first-order valence-electron chi connectivity index (χ1n) is 9.58. The van der Waals surface area contributed by atoms with Gasteiger partial charge in [0.25, 0.3) is 0 Å². The molecule has 2 unspecified atom stereocenters. The van der Waals surface area contributed by atoms with E-state index in [2.05, 4.69) is 5.32 Å². The number of nitrogens with one attached hydrogen (secondary N) is 1. The molecule has 2 amide bonds. The molecule has 1 saturated heterocycles. The van der Waals surface area contributed by atoms with Crippen LogP contribution in [0, 0.1) is 17.3 Å². The Morgan fingerprint density at radius 2 is 1.80 bits per heavy atom. The molecule has 0 radical (unpaired) electrons. The van der Waals surface area contributed by atoms with Crippen LogP contribution in [-0.2, 0) is 14.4 Å². The first-order chi connectivity index (χ1) is 11.8. The predicted molar refractivity (Wildman–Crippen MR) is 94.9 cm³/mol. The van der Waals surface area contributed by atoms with Crippen molar-refractivity contribution in [3.8, 4) is 0 Å². The van der Waals surface area contributed by atoms with Crippen LogP contribution in [0.25, 0.3) is 0 Å². The topological polar surface area (TPSA) is 86.7 Å². The van der Waals surface area contributed by atoms with Gasteiger partial charge in [-0.3, -0.25) is 14.4 Å². The molecule has 0 spiro atoms. The fraction of sp³-hybridized carbons (Fsp3) is 0.842. The molecule has 2 fully saturated rings. The summed E-state index contributed by atoms with van der Waals surface area (Å²) in [5, 5.41) is 12.4. The van der Waals surface area contributed by atoms with Crippen LogP contribution >= 0.6 is 0 Å². The Bertz CT molecular complexity index is 514. The predicted octanol–water partition coefficient (Wildman–Crippen LogP) is 2.42. The maximum absolute atomic E-state index is 12.6. The molecule has 2 N–H and O–H groups in total. The van der Waals surface area contributed by atoms with Gasteiger partial charge < -0.3 is 15.3 Å². The monoisotopic (exact) mass is 352 g/mol. The van der Waals surface area contributed by atoms with Gasteiger partial charge in [-0.25, -0.2) is 0 Å². The standard InChI is InChI=1S/C19H32N2O4/c1-13(2)19(18(24)25)9-10-21(12-19)17(23)14(3)20-16(22)11-15-7-5-4-6-8-15/h13-15H,4-12H2,1-3H3,(H,20,22)(H,24,25). The third-order valence-corrected chi connectivity index (χ3v) is 6.09. The number of rotatable bonds is 6. The number of carbonyl (C=O) groups excluding carboxylic acids is 2. The summed E-state index contributed by atoms with van der Waals surface area (Å²) in [5.41, 5.74) is -0.874. The number of hydrogen-bond donors (Lipinski definition) is 2. The number of carboxylic acids is 1. The summed E-state index contributed by atoms with van der Waals surface area (Å²) in [6, 6.07) is -0.604. The quantitative estimate of drug-likeness (QED) is 0.768. The van der Waals surface area contributed by atoms with Gasteiger partial charge in [-0.15, -0.1) is 0 Å². The van der Waals surface area contributed by atoms with Crippen molar-refractivity contribution in [2.45, 2.75) is 71.8 Å². The number of hydrogen-bond acceptors (Lipinski definition) is 3. The van der Waals surface area contributed by atoms with Gasteiger partial charge in [0.15, 0.2) is 0 Å². The highest BCUT2D eigenvalue weighted by atomic mass is 16.4. The first-order valence-corrected chi connectivity index (χ1v) is 9.58. The van der Waals surface area contributed by atoms with Gasteiger partial charge in [-0.05, 0) is 38.0 Å². The highest BCUT2D eigenvalue weighted by molar-refractivity contribution is 5.88. The van der Waals surface area contributed by atoms with E-state index in [9.17, 15) is 19.5 Å². The second-order valence-corrected chi connectivity index (χ2v) is 8.12. The second-order valence-electron chi connectivity index (χ2n) is 8.12. The van der Waals surface area contributed by atoms with Gasteiger partial charge >= 0.3 is 5.97 Å². The molecule has 2 atom stereocenters. The normalized spacial score (nSPS) is 25.8. The summed E-state index contributed by atoms with van der Waals surface area (Å²) in [5.74, 6) is -0.699. The van der Waals surface area contributed by atoms with Crippen molar-refractivity contribution in [2.75, 3.05) is 13.1 Å². The van der Waals surface area contributed by atoms with Crippen molar-refractivity contribution in [1.29, 1.82) is 0 Å². The SMILES string of the molecule is CC(NC(=O)CC1CCCCC1)C(=O)N1CCC(C(=O)O)(C(C)C)C1. The lowest BCUT2D eigenvalue weighted by Crippen LogP contribution is -2.48. The fourth-order valence-corrected chi connectivity index (χ4v) is 4.20. The molecule has 6 heteroatoms. The smallest absolute Gasteiger partial charge is 0.311 e. The van der Waals surface area contributed by atoms with Gasteiger partial charge in [0.2, 0.25) is 11.8 Å². The third-order valence-electron chi connectivity index (χ3n) is 6.09. The number of nitrogens with zero attached hydrogens (tertiary/aromatic N) is 1. The summed E-state index contributed by atoms with van der Waals surface area (Å²) in [4.78, 5) is 38.1. The minimum atomic E-state index is -0.874. The first kappa shape index (κ1) is 19.7. The summed E-state index contributed by atoms with van der Waals surface area (Å²) in [6.07, 6.45) is 6.77. The Hall–Kier alpha value is -1.59. The van der Waals surface area contributed by atoms with Gasteiger partial charge in [-0.2, -0.15) is 0 Å². The van der Waals surface area contributed by atoms with Crippen LogP contribution in [0.5, 0.6) is 0 Å². The van der Waals surface area contributed by atoms with Gasteiger partial charge in [0.05, 0.1) is 5.41 Å². The molecule has 0 aromatic carbocycles. The van der Waals surface area contributed by atoms with E-state index >= 15 is 0 Å². The number of aliphatic carboxylic acids is 1. The van der Waals surface area contributed by atoms with E-state index < -0.39 is 17.4 Å². The van der Waals surface area contributed by atoms with E-state index in [1.807, 2.05) is 13.8 Å². The Labute approximate surface area is 150 Å². The van der Waals surface area contributed by atoms with Crippen LogP contribution in [0.3, 0.4) is 0 Å². The van der Waals surface area contributed by atoms with Crippen LogP contribution in [0.15, 0.2) is 0 Å². The lowest BCUT2D eigenvalue weighted by molar-refractivity contribution is -0.151. The largest absolute Gasteiger partial charge is 0.481 e. The maximum atomic E-state index is 12.6. The van der Waals surface area contributed by atoms with Crippen molar-refractivity contribution in [2.24, 2.45) is 17.3 Å². The number of carbonyl (C=O) groups is 3. The van der Waals surface area contributed by atoms with E-state index in [0.717, 1.165) is 12.8 Å². The molecular formula is C19H32N2O4. The van der Waals surface area contributed by atoms with Gasteiger partial charge in [0, 0.05) is 19.5 Å². The molecular weight excluding hydrogens is 320 g/mol. The molecule has 1 aliphatic carbocycles. The molecule has 142 valence electrons. The molecule has 0 bridgehead atoms. The molecule has 1 aliphatic heterocycles. The average Bonchev–Trinajstić information content (AvgIpc) is 3.01. The Balaban J connectivity index is 1.87. The molecule has 0 aromatic heterocycles. The summed E-state index contributed by atoms with van der Waals surface area (Å²) >= 11 is 0. The Morgan fingerprint density at radius 3 is 2.32 bits per heavy atom. The number of likely N-dealkylation sites (tertiary alicyclic amines) is 1. The zero-order chi connectivity index (χ0) is 18.6. The van der Waals surface area contributed by atoms with Crippen LogP contribution < -0.4 is 5.32 Å². The minimum absolute atomic E-state index is 0.0426. The molecule has 6 nitrogen and oxygen atoms in total. The molecule has 0 aromatic rings. The van der Waals surface area contributed by atoms with Crippen LogP contribution in [0.2, 0.25) is 0 Å². The Kier molecular flexibility index (Phi) is 6.47. The van der Waals surface area contributed by atoms with E-state index in [4.69, 9.17) is 0 Å². The van der Waals surface area contributed by atoms with E-state index in [0.29, 0.717) is 25.3 Å². The maximum Gasteiger partial charge on any atom is 0.311 e. The zero-order valence-electron chi connectivity index (χ0n) is 15.7. The van der Waals surface area contributed by atoms with Crippen LogP contribution in [-0.4, -0.2) is 46.9 Å². The lowest BCUT2D eigenvalue weighted by atomic mass is 9.76. The van der Waals surface area contributed by atoms with E-state index in [-0.39, 0.29) is 24.3 Å². The van der Waals surface area contributed by atoms with E-state index in [1.54, 1.807) is 11.8 Å². The molecule has 1 saturated carbocycles. The van der Waals surface area contributed by atoms with Crippen molar-refractivity contribution < 1.29 is 19.5 Å². The highest BCUT2D eigenvalue weighted by Gasteiger charge is 2.48.